The Morgan fingerprint density at radius 1 is 0.960 bits per heavy atom. The number of rotatable bonds is 3. The summed E-state index contributed by atoms with van der Waals surface area (Å²) in [4.78, 5) is 12.2. The van der Waals surface area contributed by atoms with Crippen LogP contribution in [-0.2, 0) is 0 Å². The summed E-state index contributed by atoms with van der Waals surface area (Å²) in [5.74, 6) is 1.44. The van der Waals surface area contributed by atoms with E-state index < -0.39 is 0 Å². The number of amides is 2. The normalized spacial score (nSPS) is 15.6. The summed E-state index contributed by atoms with van der Waals surface area (Å²) in [6.07, 6.45) is -0.215. The first-order valence-corrected chi connectivity index (χ1v) is 8.21. The number of hydrogen-bond donors (Lipinski definition) is 2. The van der Waals surface area contributed by atoms with Crippen molar-refractivity contribution in [1.82, 2.24) is 5.32 Å². The minimum atomic E-state index is -0.265. The van der Waals surface area contributed by atoms with E-state index >= 15 is 0 Å². The van der Waals surface area contributed by atoms with E-state index in [1.807, 2.05) is 66.7 Å². The Labute approximate surface area is 145 Å². The lowest BCUT2D eigenvalue weighted by Crippen LogP contribution is -2.42. The van der Waals surface area contributed by atoms with Gasteiger partial charge in [-0.15, -0.1) is 0 Å². The molecule has 5 heteroatoms. The quantitative estimate of drug-likeness (QED) is 0.766. The largest absolute Gasteiger partial charge is 0.486 e. The minimum absolute atomic E-state index is 0.215. The Morgan fingerprint density at radius 2 is 1.72 bits per heavy atom. The second-order valence-corrected chi connectivity index (χ2v) is 5.86. The maximum Gasteiger partial charge on any atom is 0.319 e. The van der Waals surface area contributed by atoms with Gasteiger partial charge in [0.2, 0.25) is 0 Å². The molecule has 1 heterocycles. The maximum atomic E-state index is 12.2. The highest BCUT2D eigenvalue weighted by molar-refractivity contribution is 6.01. The summed E-state index contributed by atoms with van der Waals surface area (Å²) >= 11 is 0. The number of fused-ring (bicyclic) bond motifs is 2. The zero-order chi connectivity index (χ0) is 17.1. The molecule has 1 unspecified atom stereocenters. The van der Waals surface area contributed by atoms with Crippen LogP contribution in [0.2, 0.25) is 0 Å². The molecule has 0 aliphatic carbocycles. The van der Waals surface area contributed by atoms with Crippen molar-refractivity contribution >= 4 is 22.5 Å². The van der Waals surface area contributed by atoms with E-state index in [0.717, 1.165) is 22.2 Å². The van der Waals surface area contributed by atoms with Gasteiger partial charge in [0.25, 0.3) is 0 Å². The van der Waals surface area contributed by atoms with E-state index in [9.17, 15) is 4.79 Å². The van der Waals surface area contributed by atoms with Crippen LogP contribution in [0.15, 0.2) is 66.7 Å². The van der Waals surface area contributed by atoms with Gasteiger partial charge in [0.1, 0.15) is 6.61 Å². The van der Waals surface area contributed by atoms with Gasteiger partial charge < -0.3 is 20.1 Å². The molecule has 1 atom stereocenters. The summed E-state index contributed by atoms with van der Waals surface area (Å²) < 4.78 is 11.5. The molecule has 3 aromatic carbocycles. The Hall–Kier alpha value is -3.21. The Morgan fingerprint density at radius 3 is 2.64 bits per heavy atom. The maximum absolute atomic E-state index is 12.2. The lowest BCUT2D eigenvalue weighted by atomic mass is 10.1. The van der Waals surface area contributed by atoms with Gasteiger partial charge in [0.15, 0.2) is 17.6 Å². The molecule has 0 saturated heterocycles. The van der Waals surface area contributed by atoms with Crippen molar-refractivity contribution in [2.75, 3.05) is 18.5 Å². The van der Waals surface area contributed by atoms with E-state index in [4.69, 9.17) is 9.47 Å². The van der Waals surface area contributed by atoms with Gasteiger partial charge in [0.05, 0.1) is 12.2 Å². The first kappa shape index (κ1) is 15.3. The fourth-order valence-corrected chi connectivity index (χ4v) is 2.87. The van der Waals surface area contributed by atoms with E-state index in [1.54, 1.807) is 0 Å². The molecular weight excluding hydrogens is 316 g/mol. The molecule has 2 amide bonds. The highest BCUT2D eigenvalue weighted by Gasteiger charge is 2.21. The van der Waals surface area contributed by atoms with Gasteiger partial charge in [-0.2, -0.15) is 0 Å². The van der Waals surface area contributed by atoms with E-state index in [2.05, 4.69) is 10.6 Å². The highest BCUT2D eigenvalue weighted by atomic mass is 16.6. The molecule has 4 rings (SSSR count). The third kappa shape index (κ3) is 3.35. The Kier molecular flexibility index (Phi) is 4.12. The number of hydrogen-bond acceptors (Lipinski definition) is 3. The molecule has 0 fully saturated rings. The second kappa shape index (κ2) is 6.73. The Balaban J connectivity index is 1.37. The third-order valence-corrected chi connectivity index (χ3v) is 4.10. The van der Waals surface area contributed by atoms with Gasteiger partial charge in [0, 0.05) is 5.39 Å². The molecular formula is C20H18N2O3. The van der Waals surface area contributed by atoms with Crippen LogP contribution in [0.4, 0.5) is 10.5 Å². The molecule has 1 aliphatic rings. The lowest BCUT2D eigenvalue weighted by Gasteiger charge is -2.26. The van der Waals surface area contributed by atoms with Crippen LogP contribution >= 0.6 is 0 Å². The van der Waals surface area contributed by atoms with Gasteiger partial charge in [-0.3, -0.25) is 0 Å². The second-order valence-electron chi connectivity index (χ2n) is 5.86. The van der Waals surface area contributed by atoms with Crippen LogP contribution in [-0.4, -0.2) is 25.3 Å². The zero-order valence-electron chi connectivity index (χ0n) is 13.6. The first-order chi connectivity index (χ1) is 12.3. The topological polar surface area (TPSA) is 59.6 Å². The predicted molar refractivity (Wildman–Crippen MR) is 97.3 cm³/mol. The number of carbonyl (C=O) groups excluding carboxylic acids is 1. The summed E-state index contributed by atoms with van der Waals surface area (Å²) in [6, 6.07) is 21.0. The van der Waals surface area contributed by atoms with Crippen LogP contribution in [0.1, 0.15) is 0 Å². The molecule has 126 valence electrons. The predicted octanol–water partition coefficient (Wildman–Crippen LogP) is 3.80. The van der Waals surface area contributed by atoms with Crippen LogP contribution < -0.4 is 20.1 Å². The molecule has 1 aliphatic heterocycles. The molecule has 25 heavy (non-hydrogen) atoms. The van der Waals surface area contributed by atoms with Gasteiger partial charge in [-0.05, 0) is 23.6 Å². The van der Waals surface area contributed by atoms with Crippen molar-refractivity contribution in [2.24, 2.45) is 0 Å². The Bertz CT molecular complexity index is 905. The monoisotopic (exact) mass is 334 g/mol. The fraction of sp³-hybridized carbons (Fsp3) is 0.150. The number of carbonyl (C=O) groups is 1. The molecule has 3 aromatic rings. The lowest BCUT2D eigenvalue weighted by molar-refractivity contribution is 0.0922. The van der Waals surface area contributed by atoms with Gasteiger partial charge in [-0.1, -0.05) is 48.5 Å². The fourth-order valence-electron chi connectivity index (χ4n) is 2.87. The number of nitrogens with one attached hydrogen (secondary N) is 2. The van der Waals surface area contributed by atoms with E-state index in [0.29, 0.717) is 18.9 Å². The zero-order valence-corrected chi connectivity index (χ0v) is 13.6. The summed E-state index contributed by atoms with van der Waals surface area (Å²) in [6.45, 7) is 0.774. The molecule has 0 bridgehead atoms. The molecule has 0 radical (unpaired) electrons. The van der Waals surface area contributed by atoms with Crippen molar-refractivity contribution < 1.29 is 14.3 Å². The number of anilines is 1. The minimum Gasteiger partial charge on any atom is -0.486 e. The average Bonchev–Trinajstić information content (AvgIpc) is 2.66. The van der Waals surface area contributed by atoms with Crippen LogP contribution in [0, 0.1) is 0 Å². The van der Waals surface area contributed by atoms with Crippen molar-refractivity contribution in [3.63, 3.8) is 0 Å². The van der Waals surface area contributed by atoms with Crippen molar-refractivity contribution in [2.45, 2.75) is 6.10 Å². The number of para-hydroxylation sites is 2. The molecule has 2 N–H and O–H groups in total. The summed E-state index contributed by atoms with van der Waals surface area (Å²) in [5.41, 5.74) is 0.779. The number of urea groups is 1. The van der Waals surface area contributed by atoms with Crippen molar-refractivity contribution in [1.29, 1.82) is 0 Å². The smallest absolute Gasteiger partial charge is 0.319 e. The highest BCUT2D eigenvalue weighted by Crippen LogP contribution is 2.30. The van der Waals surface area contributed by atoms with Crippen LogP contribution in [0.5, 0.6) is 11.5 Å². The van der Waals surface area contributed by atoms with Crippen LogP contribution in [0.25, 0.3) is 10.8 Å². The molecule has 0 aromatic heterocycles. The van der Waals surface area contributed by atoms with E-state index in [1.165, 1.54) is 0 Å². The third-order valence-electron chi connectivity index (χ3n) is 4.10. The van der Waals surface area contributed by atoms with Crippen LogP contribution in [0.3, 0.4) is 0 Å². The van der Waals surface area contributed by atoms with Gasteiger partial charge in [-0.25, -0.2) is 4.79 Å². The number of benzene rings is 3. The van der Waals surface area contributed by atoms with E-state index in [-0.39, 0.29) is 12.1 Å². The standard InChI is InChI=1S/C20H18N2O3/c23-20(22-17-9-5-7-14-6-1-2-8-16(14)17)21-12-15-13-24-18-10-3-4-11-19(18)25-15/h1-11,15H,12-13H2,(H2,21,22,23). The molecule has 0 saturated carbocycles. The summed E-state index contributed by atoms with van der Waals surface area (Å²) in [7, 11) is 0. The SMILES string of the molecule is O=C(NCC1COc2ccccc2O1)Nc1cccc2ccccc12. The molecule has 0 spiro atoms. The molecule has 5 nitrogen and oxygen atoms in total. The number of ether oxygens (including phenoxy) is 2. The first-order valence-electron chi connectivity index (χ1n) is 8.21. The summed E-state index contributed by atoms with van der Waals surface area (Å²) in [5, 5.41) is 7.83. The van der Waals surface area contributed by atoms with Crippen molar-refractivity contribution in [3.05, 3.63) is 66.7 Å². The van der Waals surface area contributed by atoms with Gasteiger partial charge >= 0.3 is 6.03 Å². The van der Waals surface area contributed by atoms with Crippen molar-refractivity contribution in [3.8, 4) is 11.5 Å². The average molecular weight is 334 g/mol.